The van der Waals surface area contributed by atoms with Gasteiger partial charge in [-0.3, -0.25) is 0 Å². The van der Waals surface area contributed by atoms with E-state index in [1.54, 1.807) is 12.3 Å². The van der Waals surface area contributed by atoms with Gasteiger partial charge in [0.1, 0.15) is 10.8 Å². The number of hydrogen-bond donors (Lipinski definition) is 0. The average Bonchev–Trinajstić information content (AvgIpc) is 2.88. The summed E-state index contributed by atoms with van der Waals surface area (Å²) in [6.07, 6.45) is 3.71. The van der Waals surface area contributed by atoms with Crippen LogP contribution in [0.25, 0.3) is 0 Å². The Morgan fingerprint density at radius 1 is 1.50 bits per heavy atom. The van der Waals surface area contributed by atoms with E-state index in [-0.39, 0.29) is 12.1 Å². The van der Waals surface area contributed by atoms with Gasteiger partial charge in [-0.1, -0.05) is 17.7 Å². The van der Waals surface area contributed by atoms with E-state index in [0.29, 0.717) is 5.15 Å². The van der Waals surface area contributed by atoms with Gasteiger partial charge in [0.05, 0.1) is 0 Å². The maximum Gasteiger partial charge on any atom is 0.410 e. The van der Waals surface area contributed by atoms with Crippen molar-refractivity contribution in [3.8, 4) is 0 Å². The Balaban J connectivity index is 1.81. The van der Waals surface area contributed by atoms with Crippen LogP contribution in [0.4, 0.5) is 4.79 Å². The topological polar surface area (TPSA) is 42.4 Å². The Morgan fingerprint density at radius 2 is 2.27 bits per heavy atom. The number of ether oxygens (including phenoxy) is 1. The zero-order valence-electron chi connectivity index (χ0n) is 13.3. The van der Waals surface area contributed by atoms with Crippen LogP contribution >= 0.6 is 23.4 Å². The second kappa shape index (κ2) is 7.55. The van der Waals surface area contributed by atoms with E-state index in [4.69, 9.17) is 16.3 Å². The fourth-order valence-corrected chi connectivity index (χ4v) is 3.63. The molecular formula is C16H23ClN2O2S. The Kier molecular flexibility index (Phi) is 5.98. The number of thioether (sulfide) groups is 1. The molecule has 2 rings (SSSR count). The number of carbonyl (C=O) groups is 1. The molecule has 1 amide bonds. The zero-order chi connectivity index (χ0) is 16.2. The van der Waals surface area contributed by atoms with E-state index >= 15 is 0 Å². The first-order valence-electron chi connectivity index (χ1n) is 7.53. The summed E-state index contributed by atoms with van der Waals surface area (Å²) in [5.41, 5.74) is 0.711. The monoisotopic (exact) mass is 342 g/mol. The van der Waals surface area contributed by atoms with Gasteiger partial charge in [0.2, 0.25) is 0 Å². The van der Waals surface area contributed by atoms with Crippen LogP contribution in [0.1, 0.15) is 39.2 Å². The zero-order valence-corrected chi connectivity index (χ0v) is 14.9. The van der Waals surface area contributed by atoms with Crippen LogP contribution in [0.15, 0.2) is 18.3 Å². The van der Waals surface area contributed by atoms with E-state index in [1.807, 2.05) is 43.5 Å². The van der Waals surface area contributed by atoms with Crippen molar-refractivity contribution >= 4 is 29.5 Å². The summed E-state index contributed by atoms with van der Waals surface area (Å²) < 4.78 is 5.48. The lowest BCUT2D eigenvalue weighted by Crippen LogP contribution is -2.40. The second-order valence-corrected chi connectivity index (χ2v) is 7.89. The first-order valence-corrected chi connectivity index (χ1v) is 9.06. The summed E-state index contributed by atoms with van der Waals surface area (Å²) in [5.74, 6) is 1.80. The number of pyridine rings is 1. The highest BCUT2D eigenvalue weighted by molar-refractivity contribution is 7.98. The smallest absolute Gasteiger partial charge is 0.410 e. The van der Waals surface area contributed by atoms with Crippen molar-refractivity contribution in [1.82, 2.24) is 9.88 Å². The second-order valence-electron chi connectivity index (χ2n) is 6.47. The largest absolute Gasteiger partial charge is 0.444 e. The molecular weight excluding hydrogens is 320 g/mol. The van der Waals surface area contributed by atoms with Crippen molar-refractivity contribution in [2.75, 3.05) is 12.3 Å². The van der Waals surface area contributed by atoms with Crippen molar-refractivity contribution in [3.05, 3.63) is 29.0 Å². The van der Waals surface area contributed by atoms with Crippen LogP contribution in [0.3, 0.4) is 0 Å². The highest BCUT2D eigenvalue weighted by Crippen LogP contribution is 2.25. The molecule has 0 spiro atoms. The lowest BCUT2D eigenvalue weighted by Gasteiger charge is -2.28. The molecule has 22 heavy (non-hydrogen) atoms. The predicted molar refractivity (Wildman–Crippen MR) is 91.4 cm³/mol. The van der Waals surface area contributed by atoms with Crippen LogP contribution in [0.2, 0.25) is 5.15 Å². The van der Waals surface area contributed by atoms with Crippen LogP contribution in [-0.2, 0) is 10.5 Å². The van der Waals surface area contributed by atoms with Crippen LogP contribution < -0.4 is 0 Å². The number of likely N-dealkylation sites (tertiary alicyclic amines) is 1. The maximum atomic E-state index is 12.2. The van der Waals surface area contributed by atoms with Crippen LogP contribution in [0, 0.1) is 0 Å². The molecule has 1 fully saturated rings. The molecule has 4 nitrogen and oxygen atoms in total. The number of aromatic nitrogens is 1. The lowest BCUT2D eigenvalue weighted by molar-refractivity contribution is 0.0242. The molecule has 0 saturated carbocycles. The fourth-order valence-electron chi connectivity index (χ4n) is 2.37. The first-order chi connectivity index (χ1) is 10.3. The van der Waals surface area contributed by atoms with Crippen LogP contribution in [-0.4, -0.2) is 39.9 Å². The number of hydrogen-bond acceptors (Lipinski definition) is 4. The van der Waals surface area contributed by atoms with E-state index in [0.717, 1.165) is 36.5 Å². The Bertz CT molecular complexity index is 502. The molecule has 1 atom stereocenters. The lowest BCUT2D eigenvalue weighted by atomic mass is 10.2. The normalized spacial score (nSPS) is 18.5. The van der Waals surface area contributed by atoms with Gasteiger partial charge in [0.25, 0.3) is 0 Å². The van der Waals surface area contributed by atoms with E-state index in [1.165, 1.54) is 0 Å². The Morgan fingerprint density at radius 3 is 2.91 bits per heavy atom. The summed E-state index contributed by atoms with van der Waals surface area (Å²) >= 11 is 7.60. The maximum absolute atomic E-state index is 12.2. The van der Waals surface area contributed by atoms with Crippen molar-refractivity contribution in [2.45, 2.75) is 51.0 Å². The van der Waals surface area contributed by atoms with E-state index < -0.39 is 5.60 Å². The summed E-state index contributed by atoms with van der Waals surface area (Å²) in [5, 5.41) is 0.514. The first kappa shape index (κ1) is 17.4. The predicted octanol–water partition coefficient (Wildman–Crippen LogP) is 4.37. The molecule has 0 aliphatic carbocycles. The number of rotatable bonds is 4. The molecule has 0 radical (unpaired) electrons. The van der Waals surface area contributed by atoms with Crippen molar-refractivity contribution in [1.29, 1.82) is 0 Å². The van der Waals surface area contributed by atoms with Gasteiger partial charge < -0.3 is 9.64 Å². The number of amides is 1. The summed E-state index contributed by atoms with van der Waals surface area (Å²) in [6, 6.07) is 4.06. The third-order valence-electron chi connectivity index (χ3n) is 3.37. The summed E-state index contributed by atoms with van der Waals surface area (Å²) in [6.45, 7) is 6.50. The Labute approximate surface area is 141 Å². The Hall–Kier alpha value is -0.940. The van der Waals surface area contributed by atoms with Crippen molar-refractivity contribution in [2.24, 2.45) is 0 Å². The van der Waals surface area contributed by atoms with Gasteiger partial charge in [0.15, 0.2) is 0 Å². The molecule has 1 aromatic heterocycles. The molecule has 0 N–H and O–H groups in total. The molecule has 1 aromatic rings. The third-order valence-corrected chi connectivity index (χ3v) is 4.75. The molecule has 1 saturated heterocycles. The number of halogens is 1. The molecule has 2 heterocycles. The minimum atomic E-state index is -0.438. The highest BCUT2D eigenvalue weighted by atomic mass is 35.5. The van der Waals surface area contributed by atoms with E-state index in [9.17, 15) is 4.79 Å². The molecule has 6 heteroatoms. The third kappa shape index (κ3) is 5.36. The van der Waals surface area contributed by atoms with Gasteiger partial charge in [-0.25, -0.2) is 9.78 Å². The standard InChI is InChI=1S/C16H23ClN2O2S/c1-16(2,3)21-15(20)19-8-4-5-13(19)11-22-10-12-6-7-14(17)18-9-12/h6-7,9,13H,4-5,8,10-11H2,1-3H3. The number of nitrogens with zero attached hydrogens (tertiary/aromatic N) is 2. The van der Waals surface area contributed by atoms with Gasteiger partial charge in [-0.15, -0.1) is 0 Å². The van der Waals surface area contributed by atoms with Crippen molar-refractivity contribution < 1.29 is 9.53 Å². The summed E-state index contributed by atoms with van der Waals surface area (Å²) in [4.78, 5) is 18.2. The molecule has 0 bridgehead atoms. The highest BCUT2D eigenvalue weighted by Gasteiger charge is 2.31. The fraction of sp³-hybridized carbons (Fsp3) is 0.625. The van der Waals surface area contributed by atoms with Gasteiger partial charge in [-0.2, -0.15) is 11.8 Å². The molecule has 0 aromatic carbocycles. The van der Waals surface area contributed by atoms with Crippen molar-refractivity contribution in [3.63, 3.8) is 0 Å². The van der Waals surface area contributed by atoms with E-state index in [2.05, 4.69) is 4.98 Å². The summed E-state index contributed by atoms with van der Waals surface area (Å²) in [7, 11) is 0. The SMILES string of the molecule is CC(C)(C)OC(=O)N1CCCC1CSCc1ccc(Cl)nc1. The minimum Gasteiger partial charge on any atom is -0.444 e. The molecule has 1 aliphatic rings. The van der Waals surface area contributed by atoms with Gasteiger partial charge in [0, 0.05) is 30.3 Å². The molecule has 1 aliphatic heterocycles. The van der Waals surface area contributed by atoms with Gasteiger partial charge >= 0.3 is 6.09 Å². The average molecular weight is 343 g/mol. The quantitative estimate of drug-likeness (QED) is 0.762. The van der Waals surface area contributed by atoms with Crippen LogP contribution in [0.5, 0.6) is 0 Å². The molecule has 1 unspecified atom stereocenters. The minimum absolute atomic E-state index is 0.191. The van der Waals surface area contributed by atoms with Gasteiger partial charge in [-0.05, 0) is 45.2 Å². The number of carbonyl (C=O) groups excluding carboxylic acids is 1. The molecule has 122 valence electrons.